The highest BCUT2D eigenvalue weighted by Crippen LogP contribution is 2.21. The zero-order valence-corrected chi connectivity index (χ0v) is 14.2. The summed E-state index contributed by atoms with van der Waals surface area (Å²) in [6.07, 6.45) is 1.10. The SMILES string of the molecule is CCCNC(=NC)NCc1ccc(Br)s1.I. The maximum absolute atomic E-state index is 4.13. The molecule has 2 N–H and O–H groups in total. The van der Waals surface area contributed by atoms with Crippen LogP contribution in [0, 0.1) is 0 Å². The van der Waals surface area contributed by atoms with E-state index in [9.17, 15) is 0 Å². The number of nitrogens with zero attached hydrogens (tertiary/aromatic N) is 1. The van der Waals surface area contributed by atoms with Gasteiger partial charge in [-0.3, -0.25) is 4.99 Å². The Morgan fingerprint density at radius 3 is 2.69 bits per heavy atom. The summed E-state index contributed by atoms with van der Waals surface area (Å²) in [5.41, 5.74) is 0. The molecule has 0 fully saturated rings. The van der Waals surface area contributed by atoms with Crippen molar-refractivity contribution in [1.29, 1.82) is 0 Å². The first kappa shape index (κ1) is 16.2. The fraction of sp³-hybridized carbons (Fsp3) is 0.500. The first-order chi connectivity index (χ1) is 7.26. The standard InChI is InChI=1S/C10H16BrN3S.HI/c1-3-6-13-10(12-2)14-7-8-4-5-9(11)15-8;/h4-5H,3,6-7H2,1-2H3,(H2,12,13,14);1H. The molecule has 0 unspecified atom stereocenters. The fourth-order valence-corrected chi connectivity index (χ4v) is 2.50. The van der Waals surface area contributed by atoms with E-state index in [1.807, 2.05) is 0 Å². The van der Waals surface area contributed by atoms with Gasteiger partial charge in [0.15, 0.2) is 5.96 Å². The van der Waals surface area contributed by atoms with E-state index in [4.69, 9.17) is 0 Å². The summed E-state index contributed by atoms with van der Waals surface area (Å²) in [6, 6.07) is 4.17. The molecule has 0 radical (unpaired) electrons. The van der Waals surface area contributed by atoms with Crippen LogP contribution in [0.1, 0.15) is 18.2 Å². The number of aliphatic imine (C=N–C) groups is 1. The predicted octanol–water partition coefficient (Wildman–Crippen LogP) is 3.20. The minimum absolute atomic E-state index is 0. The van der Waals surface area contributed by atoms with E-state index in [2.05, 4.69) is 50.6 Å². The summed E-state index contributed by atoms with van der Waals surface area (Å²) in [7, 11) is 1.79. The van der Waals surface area contributed by atoms with Crippen molar-refractivity contribution in [2.24, 2.45) is 4.99 Å². The summed E-state index contributed by atoms with van der Waals surface area (Å²) in [5, 5.41) is 6.49. The monoisotopic (exact) mass is 417 g/mol. The highest BCUT2D eigenvalue weighted by Gasteiger charge is 1.99. The van der Waals surface area contributed by atoms with Crippen LogP contribution in [0.2, 0.25) is 0 Å². The normalized spacial score (nSPS) is 10.8. The van der Waals surface area contributed by atoms with Crippen molar-refractivity contribution in [3.8, 4) is 0 Å². The molecule has 0 bridgehead atoms. The molecular formula is C10H17BrIN3S. The van der Waals surface area contributed by atoms with Gasteiger partial charge in [-0.15, -0.1) is 35.3 Å². The average Bonchev–Trinajstić information content (AvgIpc) is 2.65. The van der Waals surface area contributed by atoms with Gasteiger partial charge in [0, 0.05) is 18.5 Å². The van der Waals surface area contributed by atoms with E-state index < -0.39 is 0 Å². The Morgan fingerprint density at radius 1 is 1.44 bits per heavy atom. The lowest BCUT2D eigenvalue weighted by molar-refractivity contribution is 0.785. The van der Waals surface area contributed by atoms with Gasteiger partial charge in [0.1, 0.15) is 0 Å². The van der Waals surface area contributed by atoms with Gasteiger partial charge in [-0.05, 0) is 34.5 Å². The predicted molar refractivity (Wildman–Crippen MR) is 85.9 cm³/mol. The van der Waals surface area contributed by atoms with Gasteiger partial charge in [0.05, 0.1) is 10.3 Å². The minimum Gasteiger partial charge on any atom is -0.356 e. The molecule has 6 heteroatoms. The van der Waals surface area contributed by atoms with Crippen LogP contribution in [0.25, 0.3) is 0 Å². The van der Waals surface area contributed by atoms with Crippen molar-refractivity contribution in [1.82, 2.24) is 10.6 Å². The second kappa shape index (κ2) is 9.23. The fourth-order valence-electron chi connectivity index (χ4n) is 1.08. The number of thiophene rings is 1. The summed E-state index contributed by atoms with van der Waals surface area (Å²) in [5.74, 6) is 0.862. The molecule has 1 aromatic rings. The Kier molecular flexibility index (Phi) is 9.34. The van der Waals surface area contributed by atoms with E-state index in [-0.39, 0.29) is 24.0 Å². The lowest BCUT2D eigenvalue weighted by Crippen LogP contribution is -2.36. The van der Waals surface area contributed by atoms with Crippen LogP contribution >= 0.6 is 51.2 Å². The Bertz CT molecular complexity index is 328. The minimum atomic E-state index is 0. The molecule has 0 aliphatic rings. The molecule has 1 rings (SSSR count). The van der Waals surface area contributed by atoms with E-state index in [0.29, 0.717) is 0 Å². The van der Waals surface area contributed by atoms with Crippen molar-refractivity contribution < 1.29 is 0 Å². The molecule has 92 valence electrons. The van der Waals surface area contributed by atoms with Crippen molar-refractivity contribution in [2.45, 2.75) is 19.9 Å². The van der Waals surface area contributed by atoms with Crippen LogP contribution in [-0.2, 0) is 6.54 Å². The smallest absolute Gasteiger partial charge is 0.191 e. The molecule has 0 aliphatic carbocycles. The maximum Gasteiger partial charge on any atom is 0.191 e. The van der Waals surface area contributed by atoms with Crippen molar-refractivity contribution in [2.75, 3.05) is 13.6 Å². The molecule has 0 saturated carbocycles. The zero-order chi connectivity index (χ0) is 11.1. The summed E-state index contributed by atoms with van der Waals surface area (Å²) in [6.45, 7) is 3.91. The van der Waals surface area contributed by atoms with Gasteiger partial charge < -0.3 is 10.6 Å². The first-order valence-electron chi connectivity index (χ1n) is 4.95. The highest BCUT2D eigenvalue weighted by molar-refractivity contribution is 14.0. The van der Waals surface area contributed by atoms with Gasteiger partial charge in [0.25, 0.3) is 0 Å². The molecule has 0 aliphatic heterocycles. The molecule has 0 amide bonds. The van der Waals surface area contributed by atoms with Crippen LogP contribution < -0.4 is 10.6 Å². The van der Waals surface area contributed by atoms with Crippen molar-refractivity contribution in [3.05, 3.63) is 20.8 Å². The first-order valence-corrected chi connectivity index (χ1v) is 6.56. The molecule has 16 heavy (non-hydrogen) atoms. The third-order valence-electron chi connectivity index (χ3n) is 1.82. The third-order valence-corrected chi connectivity index (χ3v) is 3.45. The molecular weight excluding hydrogens is 401 g/mol. The van der Waals surface area contributed by atoms with Gasteiger partial charge in [-0.2, -0.15) is 0 Å². The van der Waals surface area contributed by atoms with Crippen molar-refractivity contribution >= 4 is 57.2 Å². The van der Waals surface area contributed by atoms with Gasteiger partial charge in [0.2, 0.25) is 0 Å². The Morgan fingerprint density at radius 2 is 2.19 bits per heavy atom. The second-order valence-corrected chi connectivity index (χ2v) is 5.61. The Balaban J connectivity index is 0.00000225. The maximum atomic E-state index is 4.13. The molecule has 3 nitrogen and oxygen atoms in total. The van der Waals surface area contributed by atoms with Crippen LogP contribution in [0.15, 0.2) is 20.9 Å². The van der Waals surface area contributed by atoms with Gasteiger partial charge in [-0.25, -0.2) is 0 Å². The summed E-state index contributed by atoms with van der Waals surface area (Å²) in [4.78, 5) is 5.43. The van der Waals surface area contributed by atoms with Gasteiger partial charge in [-0.1, -0.05) is 6.92 Å². The molecule has 0 saturated heterocycles. The van der Waals surface area contributed by atoms with Gasteiger partial charge >= 0.3 is 0 Å². The summed E-state index contributed by atoms with van der Waals surface area (Å²) >= 11 is 5.18. The molecule has 1 heterocycles. The highest BCUT2D eigenvalue weighted by atomic mass is 127. The average molecular weight is 418 g/mol. The van der Waals surface area contributed by atoms with Crippen molar-refractivity contribution in [3.63, 3.8) is 0 Å². The number of nitrogens with one attached hydrogen (secondary N) is 2. The molecule has 1 aromatic heterocycles. The van der Waals surface area contributed by atoms with Crippen LogP contribution in [-0.4, -0.2) is 19.6 Å². The number of hydrogen-bond acceptors (Lipinski definition) is 2. The van der Waals surface area contributed by atoms with Crippen LogP contribution in [0.3, 0.4) is 0 Å². The molecule has 0 spiro atoms. The quantitative estimate of drug-likeness (QED) is 0.448. The largest absolute Gasteiger partial charge is 0.356 e. The van der Waals surface area contributed by atoms with E-state index in [1.165, 1.54) is 4.88 Å². The zero-order valence-electron chi connectivity index (χ0n) is 9.42. The topological polar surface area (TPSA) is 36.4 Å². The molecule has 0 atom stereocenters. The lowest BCUT2D eigenvalue weighted by Gasteiger charge is -2.09. The lowest BCUT2D eigenvalue weighted by atomic mass is 10.4. The number of guanidine groups is 1. The van der Waals surface area contributed by atoms with E-state index in [0.717, 1.165) is 29.3 Å². The number of halogens is 2. The Hall–Kier alpha value is 0.180. The van der Waals surface area contributed by atoms with E-state index in [1.54, 1.807) is 18.4 Å². The van der Waals surface area contributed by atoms with Crippen LogP contribution in [0.4, 0.5) is 0 Å². The Labute approximate surface area is 126 Å². The second-order valence-electron chi connectivity index (χ2n) is 3.06. The number of rotatable bonds is 4. The number of hydrogen-bond donors (Lipinski definition) is 2. The molecule has 0 aromatic carbocycles. The third kappa shape index (κ3) is 6.05. The van der Waals surface area contributed by atoms with E-state index >= 15 is 0 Å². The van der Waals surface area contributed by atoms with Crippen LogP contribution in [0.5, 0.6) is 0 Å². The summed E-state index contributed by atoms with van der Waals surface area (Å²) < 4.78 is 1.16.